The molecule has 16 heavy (non-hydrogen) atoms. The summed E-state index contributed by atoms with van der Waals surface area (Å²) >= 11 is 0. The van der Waals surface area contributed by atoms with Crippen molar-refractivity contribution in [3.05, 3.63) is 0 Å². The second-order valence-corrected chi connectivity index (χ2v) is 3.68. The van der Waals surface area contributed by atoms with Crippen LogP contribution in [0.25, 0.3) is 0 Å². The lowest BCUT2D eigenvalue weighted by Crippen LogP contribution is -2.23. The average Bonchev–Trinajstić information content (AvgIpc) is 2.64. The second kappa shape index (κ2) is 5.48. The topological polar surface area (TPSA) is 78.9 Å². The quantitative estimate of drug-likeness (QED) is 0.510. The van der Waals surface area contributed by atoms with Gasteiger partial charge in [-0.25, -0.2) is 9.59 Å². The smallest absolute Gasteiger partial charge is 0.460 e. The van der Waals surface area contributed by atoms with Crippen LogP contribution in [0.4, 0.5) is 4.79 Å². The van der Waals surface area contributed by atoms with E-state index in [2.05, 4.69) is 4.74 Å². The standard InChI is InChI=1S/C10H14O6/c1-6(8-5-15-10(13)16-8)3-4-14-9(12)7(2)11/h6,8H,3-5H2,1-2H3. The van der Waals surface area contributed by atoms with Crippen molar-refractivity contribution >= 4 is 17.9 Å². The summed E-state index contributed by atoms with van der Waals surface area (Å²) in [6.45, 7) is 3.36. The first-order chi connectivity index (χ1) is 7.50. The molecule has 0 aromatic heterocycles. The van der Waals surface area contributed by atoms with Crippen LogP contribution in [0.3, 0.4) is 0 Å². The van der Waals surface area contributed by atoms with Gasteiger partial charge in [0, 0.05) is 6.92 Å². The predicted molar refractivity (Wildman–Crippen MR) is 51.6 cm³/mol. The van der Waals surface area contributed by atoms with Crippen molar-refractivity contribution in [1.29, 1.82) is 0 Å². The van der Waals surface area contributed by atoms with Crippen LogP contribution in [0.2, 0.25) is 0 Å². The van der Waals surface area contributed by atoms with Gasteiger partial charge < -0.3 is 14.2 Å². The number of carbonyl (C=O) groups excluding carboxylic acids is 3. The van der Waals surface area contributed by atoms with Gasteiger partial charge in [-0.1, -0.05) is 6.92 Å². The van der Waals surface area contributed by atoms with Gasteiger partial charge in [0.2, 0.25) is 5.78 Å². The molecule has 6 heteroatoms. The fourth-order valence-electron chi connectivity index (χ4n) is 1.25. The van der Waals surface area contributed by atoms with E-state index >= 15 is 0 Å². The molecule has 0 N–H and O–H groups in total. The molecule has 0 spiro atoms. The number of esters is 1. The number of ether oxygens (including phenoxy) is 3. The Morgan fingerprint density at radius 2 is 2.25 bits per heavy atom. The average molecular weight is 230 g/mol. The lowest BCUT2D eigenvalue weighted by molar-refractivity contribution is -0.153. The molecular weight excluding hydrogens is 216 g/mol. The van der Waals surface area contributed by atoms with Crippen molar-refractivity contribution in [3.63, 3.8) is 0 Å². The summed E-state index contributed by atoms with van der Waals surface area (Å²) in [6.07, 6.45) is -0.457. The third-order valence-corrected chi connectivity index (χ3v) is 2.34. The molecular formula is C10H14O6. The molecule has 0 aromatic rings. The van der Waals surface area contributed by atoms with Crippen LogP contribution in [0, 0.1) is 5.92 Å². The minimum absolute atomic E-state index is 0.0196. The Morgan fingerprint density at radius 3 is 2.75 bits per heavy atom. The number of hydrogen-bond donors (Lipinski definition) is 0. The maximum absolute atomic E-state index is 10.8. The zero-order valence-electron chi connectivity index (χ0n) is 9.23. The van der Waals surface area contributed by atoms with E-state index in [0.717, 1.165) is 6.92 Å². The third-order valence-electron chi connectivity index (χ3n) is 2.34. The maximum atomic E-state index is 10.8. The first-order valence-corrected chi connectivity index (χ1v) is 5.01. The summed E-state index contributed by atoms with van der Waals surface area (Å²) < 4.78 is 14.2. The van der Waals surface area contributed by atoms with E-state index < -0.39 is 17.9 Å². The van der Waals surface area contributed by atoms with E-state index in [1.54, 1.807) is 0 Å². The van der Waals surface area contributed by atoms with Crippen molar-refractivity contribution in [2.75, 3.05) is 13.2 Å². The van der Waals surface area contributed by atoms with Gasteiger partial charge in [-0.3, -0.25) is 4.79 Å². The largest absolute Gasteiger partial charge is 0.508 e. The van der Waals surface area contributed by atoms with Gasteiger partial charge >= 0.3 is 12.1 Å². The molecule has 1 aliphatic rings. The van der Waals surface area contributed by atoms with Gasteiger partial charge in [-0.05, 0) is 12.3 Å². The predicted octanol–water partition coefficient (Wildman–Crippen LogP) is 0.680. The zero-order valence-corrected chi connectivity index (χ0v) is 9.23. The van der Waals surface area contributed by atoms with Gasteiger partial charge in [-0.2, -0.15) is 0 Å². The van der Waals surface area contributed by atoms with Crippen molar-refractivity contribution in [2.24, 2.45) is 5.92 Å². The van der Waals surface area contributed by atoms with Gasteiger partial charge in [0.05, 0.1) is 6.61 Å². The number of ketones is 1. The molecule has 90 valence electrons. The van der Waals surface area contributed by atoms with Crippen molar-refractivity contribution in [2.45, 2.75) is 26.4 Å². The Morgan fingerprint density at radius 1 is 1.56 bits per heavy atom. The molecule has 0 radical (unpaired) electrons. The number of rotatable bonds is 5. The second-order valence-electron chi connectivity index (χ2n) is 3.68. The highest BCUT2D eigenvalue weighted by Gasteiger charge is 2.29. The Balaban J connectivity index is 2.20. The molecule has 1 saturated heterocycles. The first-order valence-electron chi connectivity index (χ1n) is 5.01. The van der Waals surface area contributed by atoms with Gasteiger partial charge in [-0.15, -0.1) is 0 Å². The molecule has 0 amide bonds. The monoisotopic (exact) mass is 230 g/mol. The number of carbonyl (C=O) groups is 3. The van der Waals surface area contributed by atoms with Gasteiger partial charge in [0.15, 0.2) is 0 Å². The summed E-state index contributed by atoms with van der Waals surface area (Å²) in [5, 5.41) is 0. The highest BCUT2D eigenvalue weighted by Crippen LogP contribution is 2.18. The maximum Gasteiger partial charge on any atom is 0.508 e. The lowest BCUT2D eigenvalue weighted by Gasteiger charge is -2.15. The Kier molecular flexibility index (Phi) is 4.28. The van der Waals surface area contributed by atoms with Crippen molar-refractivity contribution < 1.29 is 28.6 Å². The minimum atomic E-state index is -0.841. The van der Waals surface area contributed by atoms with Crippen LogP contribution in [0.1, 0.15) is 20.3 Å². The van der Waals surface area contributed by atoms with E-state index in [4.69, 9.17) is 9.47 Å². The molecule has 0 saturated carbocycles. The minimum Gasteiger partial charge on any atom is -0.460 e. The van der Waals surface area contributed by atoms with E-state index in [0.29, 0.717) is 6.42 Å². The van der Waals surface area contributed by atoms with Crippen LogP contribution in [0.15, 0.2) is 0 Å². The summed E-state index contributed by atoms with van der Waals surface area (Å²) in [4.78, 5) is 32.0. The Labute approximate surface area is 92.8 Å². The molecule has 0 bridgehead atoms. The van der Waals surface area contributed by atoms with E-state index in [-0.39, 0.29) is 25.2 Å². The van der Waals surface area contributed by atoms with Gasteiger partial charge in [0.1, 0.15) is 12.7 Å². The number of Topliss-reactive ketones (excluding diaryl/α,β-unsaturated/α-hetero) is 1. The summed E-state index contributed by atoms with van der Waals surface area (Å²) in [5.74, 6) is -1.44. The summed E-state index contributed by atoms with van der Waals surface area (Å²) in [5.41, 5.74) is 0. The van der Waals surface area contributed by atoms with E-state index in [1.165, 1.54) is 0 Å². The fraction of sp³-hybridized carbons (Fsp3) is 0.700. The fourth-order valence-corrected chi connectivity index (χ4v) is 1.25. The zero-order chi connectivity index (χ0) is 12.1. The molecule has 6 nitrogen and oxygen atoms in total. The molecule has 1 heterocycles. The van der Waals surface area contributed by atoms with Crippen LogP contribution in [-0.4, -0.2) is 37.2 Å². The number of cyclic esters (lactones) is 2. The highest BCUT2D eigenvalue weighted by atomic mass is 16.8. The lowest BCUT2D eigenvalue weighted by atomic mass is 10.0. The van der Waals surface area contributed by atoms with Gasteiger partial charge in [0.25, 0.3) is 0 Å². The van der Waals surface area contributed by atoms with Crippen LogP contribution in [-0.2, 0) is 23.8 Å². The Bertz CT molecular complexity index is 298. The van der Waals surface area contributed by atoms with E-state index in [9.17, 15) is 14.4 Å². The highest BCUT2D eigenvalue weighted by molar-refractivity contribution is 6.32. The molecule has 2 atom stereocenters. The van der Waals surface area contributed by atoms with Crippen molar-refractivity contribution in [1.82, 2.24) is 0 Å². The third kappa shape index (κ3) is 3.52. The molecule has 2 unspecified atom stereocenters. The molecule has 1 rings (SSSR count). The van der Waals surface area contributed by atoms with Crippen LogP contribution >= 0.6 is 0 Å². The SMILES string of the molecule is CC(=O)C(=O)OCCC(C)C1COC(=O)O1. The summed E-state index contributed by atoms with van der Waals surface area (Å²) in [6, 6.07) is 0. The van der Waals surface area contributed by atoms with Crippen LogP contribution < -0.4 is 0 Å². The summed E-state index contributed by atoms with van der Waals surface area (Å²) in [7, 11) is 0. The normalized spacial score (nSPS) is 20.9. The molecule has 0 aromatic carbocycles. The molecule has 1 aliphatic heterocycles. The number of hydrogen-bond acceptors (Lipinski definition) is 6. The van der Waals surface area contributed by atoms with Crippen molar-refractivity contribution in [3.8, 4) is 0 Å². The molecule has 1 fully saturated rings. The van der Waals surface area contributed by atoms with E-state index in [1.807, 2.05) is 6.92 Å². The Hall–Kier alpha value is -1.59. The van der Waals surface area contributed by atoms with Crippen LogP contribution in [0.5, 0.6) is 0 Å². The molecule has 0 aliphatic carbocycles. The first kappa shape index (κ1) is 12.5.